The van der Waals surface area contributed by atoms with E-state index >= 15 is 0 Å². The second-order valence-electron chi connectivity index (χ2n) is 6.62. The van der Waals surface area contributed by atoms with Gasteiger partial charge in [-0.3, -0.25) is 9.59 Å². The average Bonchev–Trinajstić information content (AvgIpc) is 3.15. The van der Waals surface area contributed by atoms with Crippen molar-refractivity contribution in [2.24, 2.45) is 0 Å². The Morgan fingerprint density at radius 3 is 2.52 bits per heavy atom. The lowest BCUT2D eigenvalue weighted by Crippen LogP contribution is -2.38. The van der Waals surface area contributed by atoms with Crippen LogP contribution in [0.15, 0.2) is 36.4 Å². The lowest BCUT2D eigenvalue weighted by molar-refractivity contribution is -0.134. The summed E-state index contributed by atoms with van der Waals surface area (Å²) in [4.78, 5) is 28.4. The average molecular weight is 342 g/mol. The summed E-state index contributed by atoms with van der Waals surface area (Å²) < 4.78 is 5.60. The largest absolute Gasteiger partial charge is 0.484 e. The molecule has 0 aliphatic carbocycles. The van der Waals surface area contributed by atoms with Gasteiger partial charge < -0.3 is 14.5 Å². The minimum atomic E-state index is 0.0350. The molecule has 25 heavy (non-hydrogen) atoms. The van der Waals surface area contributed by atoms with Crippen molar-refractivity contribution in [3.63, 3.8) is 0 Å². The van der Waals surface area contributed by atoms with Gasteiger partial charge in [0.05, 0.1) is 6.04 Å². The number of hydrogen-bond donors (Lipinski definition) is 0. The van der Waals surface area contributed by atoms with Gasteiger partial charge in [-0.15, -0.1) is 0 Å². The first kappa shape index (κ1) is 17.5. The molecule has 0 bridgehead atoms. The van der Waals surface area contributed by atoms with Crippen LogP contribution in [0.1, 0.15) is 43.0 Å². The summed E-state index contributed by atoms with van der Waals surface area (Å²) in [5.41, 5.74) is 0.650. The van der Waals surface area contributed by atoms with E-state index < -0.39 is 0 Å². The molecule has 134 valence electrons. The molecule has 2 aliphatic rings. The van der Waals surface area contributed by atoms with E-state index in [1.54, 1.807) is 24.3 Å². The van der Waals surface area contributed by atoms with Crippen LogP contribution < -0.4 is 4.74 Å². The minimum absolute atomic E-state index is 0.0350. The van der Waals surface area contributed by atoms with Crippen molar-refractivity contribution in [1.29, 1.82) is 0 Å². The zero-order valence-corrected chi connectivity index (χ0v) is 14.8. The Labute approximate surface area is 149 Å². The molecule has 0 saturated carbocycles. The number of ether oxygens (including phenoxy) is 1. The molecule has 2 heterocycles. The molecule has 0 aromatic heterocycles. The number of nitrogens with zero attached hydrogens (tertiary/aromatic N) is 2. The first-order chi connectivity index (χ1) is 12.2. The van der Waals surface area contributed by atoms with E-state index in [0.29, 0.717) is 17.9 Å². The third kappa shape index (κ3) is 4.21. The summed E-state index contributed by atoms with van der Waals surface area (Å²) in [6, 6.07) is 7.26. The second-order valence-corrected chi connectivity index (χ2v) is 6.62. The summed E-state index contributed by atoms with van der Waals surface area (Å²) in [6.45, 7) is 4.47. The van der Waals surface area contributed by atoms with Gasteiger partial charge in [-0.1, -0.05) is 19.1 Å². The molecule has 2 amide bonds. The Kier molecular flexibility index (Phi) is 5.74. The number of piperidine rings is 1. The third-order valence-electron chi connectivity index (χ3n) is 4.91. The fraction of sp³-hybridized carbons (Fsp3) is 0.500. The Hall–Kier alpha value is -2.30. The SMILES string of the molecule is CC[C@H]1C=CCN1C(=O)c1ccc(OCC(=O)N2CCCCC2)cc1. The molecular weight excluding hydrogens is 316 g/mol. The van der Waals surface area contributed by atoms with Crippen molar-refractivity contribution < 1.29 is 14.3 Å². The van der Waals surface area contributed by atoms with Gasteiger partial charge in [-0.25, -0.2) is 0 Å². The number of rotatable bonds is 5. The quantitative estimate of drug-likeness (QED) is 0.773. The maximum Gasteiger partial charge on any atom is 0.260 e. The first-order valence-corrected chi connectivity index (χ1v) is 9.17. The van der Waals surface area contributed by atoms with Crippen LogP contribution in [0.4, 0.5) is 0 Å². The highest BCUT2D eigenvalue weighted by Gasteiger charge is 2.24. The summed E-state index contributed by atoms with van der Waals surface area (Å²) in [5, 5.41) is 0. The zero-order chi connectivity index (χ0) is 17.6. The lowest BCUT2D eigenvalue weighted by Gasteiger charge is -2.26. The Balaban J connectivity index is 1.53. The van der Waals surface area contributed by atoms with E-state index in [9.17, 15) is 9.59 Å². The van der Waals surface area contributed by atoms with Gasteiger partial charge in [-0.2, -0.15) is 0 Å². The van der Waals surface area contributed by atoms with Crippen LogP contribution in [0.3, 0.4) is 0 Å². The van der Waals surface area contributed by atoms with Gasteiger partial charge in [-0.05, 0) is 49.9 Å². The molecule has 1 aromatic rings. The maximum absolute atomic E-state index is 12.6. The normalized spacial score (nSPS) is 20.0. The summed E-state index contributed by atoms with van der Waals surface area (Å²) in [7, 11) is 0. The minimum Gasteiger partial charge on any atom is -0.484 e. The van der Waals surface area contributed by atoms with E-state index in [0.717, 1.165) is 32.4 Å². The number of carbonyl (C=O) groups is 2. The molecule has 1 fully saturated rings. The van der Waals surface area contributed by atoms with Crippen molar-refractivity contribution >= 4 is 11.8 Å². The van der Waals surface area contributed by atoms with Crippen LogP contribution >= 0.6 is 0 Å². The van der Waals surface area contributed by atoms with E-state index in [2.05, 4.69) is 13.0 Å². The van der Waals surface area contributed by atoms with Crippen molar-refractivity contribution in [2.75, 3.05) is 26.2 Å². The van der Waals surface area contributed by atoms with Crippen molar-refractivity contribution in [1.82, 2.24) is 9.80 Å². The monoisotopic (exact) mass is 342 g/mol. The number of carbonyl (C=O) groups excluding carboxylic acids is 2. The van der Waals surface area contributed by atoms with E-state index in [1.807, 2.05) is 15.9 Å². The van der Waals surface area contributed by atoms with Gasteiger partial charge in [0.1, 0.15) is 5.75 Å². The molecule has 5 nitrogen and oxygen atoms in total. The molecule has 0 radical (unpaired) electrons. The highest BCUT2D eigenvalue weighted by molar-refractivity contribution is 5.95. The van der Waals surface area contributed by atoms with Crippen LogP contribution in [-0.4, -0.2) is 53.9 Å². The van der Waals surface area contributed by atoms with Crippen LogP contribution in [0.5, 0.6) is 5.75 Å². The van der Waals surface area contributed by atoms with Crippen molar-refractivity contribution in [3.8, 4) is 5.75 Å². The molecule has 1 aromatic carbocycles. The van der Waals surface area contributed by atoms with Gasteiger partial charge in [0.25, 0.3) is 11.8 Å². The number of hydrogen-bond acceptors (Lipinski definition) is 3. The highest BCUT2D eigenvalue weighted by atomic mass is 16.5. The van der Waals surface area contributed by atoms with Gasteiger partial charge in [0.15, 0.2) is 6.61 Å². The Morgan fingerprint density at radius 2 is 1.84 bits per heavy atom. The molecule has 0 unspecified atom stereocenters. The van der Waals surface area contributed by atoms with Gasteiger partial charge in [0.2, 0.25) is 0 Å². The van der Waals surface area contributed by atoms with Crippen molar-refractivity contribution in [2.45, 2.75) is 38.6 Å². The number of likely N-dealkylation sites (tertiary alicyclic amines) is 1. The molecule has 0 N–H and O–H groups in total. The topological polar surface area (TPSA) is 49.9 Å². The van der Waals surface area contributed by atoms with Crippen LogP contribution in [0.25, 0.3) is 0 Å². The van der Waals surface area contributed by atoms with Gasteiger partial charge in [0, 0.05) is 25.2 Å². The second kappa shape index (κ2) is 8.19. The molecule has 5 heteroatoms. The van der Waals surface area contributed by atoms with Crippen molar-refractivity contribution in [3.05, 3.63) is 42.0 Å². The third-order valence-corrected chi connectivity index (χ3v) is 4.91. The van der Waals surface area contributed by atoms with Crippen LogP contribution in [0, 0.1) is 0 Å². The Bertz CT molecular complexity index is 633. The standard InChI is InChI=1S/C20H26N2O3/c1-2-17-7-6-14-22(17)20(24)16-8-10-18(11-9-16)25-15-19(23)21-12-4-3-5-13-21/h6-11,17H,2-5,12-15H2,1H3/t17-/m0/s1. The molecule has 1 atom stereocenters. The fourth-order valence-corrected chi connectivity index (χ4v) is 3.40. The smallest absolute Gasteiger partial charge is 0.260 e. The molecule has 1 saturated heterocycles. The first-order valence-electron chi connectivity index (χ1n) is 9.17. The van der Waals surface area contributed by atoms with Gasteiger partial charge >= 0.3 is 0 Å². The predicted octanol–water partition coefficient (Wildman–Crippen LogP) is 2.87. The van der Waals surface area contributed by atoms with Crippen LogP contribution in [-0.2, 0) is 4.79 Å². The lowest BCUT2D eigenvalue weighted by atomic mass is 10.1. The van der Waals surface area contributed by atoms with E-state index in [-0.39, 0.29) is 24.5 Å². The summed E-state index contributed by atoms with van der Waals surface area (Å²) in [6.07, 6.45) is 8.39. The van der Waals surface area contributed by atoms with E-state index in [4.69, 9.17) is 4.74 Å². The summed E-state index contributed by atoms with van der Waals surface area (Å²) in [5.74, 6) is 0.690. The summed E-state index contributed by atoms with van der Waals surface area (Å²) >= 11 is 0. The Morgan fingerprint density at radius 1 is 1.12 bits per heavy atom. The fourth-order valence-electron chi connectivity index (χ4n) is 3.40. The predicted molar refractivity (Wildman–Crippen MR) is 96.6 cm³/mol. The maximum atomic E-state index is 12.6. The zero-order valence-electron chi connectivity index (χ0n) is 14.8. The molecule has 2 aliphatic heterocycles. The van der Waals surface area contributed by atoms with Crippen LogP contribution in [0.2, 0.25) is 0 Å². The molecule has 3 rings (SSSR count). The molecular formula is C20H26N2O3. The van der Waals surface area contributed by atoms with E-state index in [1.165, 1.54) is 6.42 Å². The molecule has 0 spiro atoms. The number of amides is 2. The number of benzene rings is 1. The highest BCUT2D eigenvalue weighted by Crippen LogP contribution is 2.19.